The van der Waals surface area contributed by atoms with Gasteiger partial charge in [0.25, 0.3) is 5.91 Å². The highest BCUT2D eigenvalue weighted by atomic mass is 16.5. The van der Waals surface area contributed by atoms with E-state index >= 15 is 0 Å². The molecule has 2 heterocycles. The Hall–Kier alpha value is -2.37. The lowest BCUT2D eigenvalue weighted by Gasteiger charge is -2.17. The number of fused-ring (bicyclic) bond motifs is 1. The number of aromatic nitrogens is 2. The van der Waals surface area contributed by atoms with Gasteiger partial charge in [0.15, 0.2) is 0 Å². The molecular formula is C17H22N4O2. The molecule has 0 bridgehead atoms. The molecule has 1 fully saturated rings. The van der Waals surface area contributed by atoms with Crippen LogP contribution in [0.5, 0.6) is 5.75 Å². The highest BCUT2D eigenvalue weighted by molar-refractivity contribution is 6.01. The molecule has 1 saturated heterocycles. The highest BCUT2D eigenvalue weighted by Gasteiger charge is 2.23. The zero-order chi connectivity index (χ0) is 16.4. The Morgan fingerprint density at radius 2 is 2.04 bits per heavy atom. The molecule has 0 aliphatic carbocycles. The molecule has 0 radical (unpaired) electrons. The van der Waals surface area contributed by atoms with Crippen molar-refractivity contribution in [2.24, 2.45) is 0 Å². The van der Waals surface area contributed by atoms with Gasteiger partial charge in [-0.25, -0.2) is 9.97 Å². The first-order chi connectivity index (χ1) is 11.1. The average molecular weight is 314 g/mol. The second-order valence-electron chi connectivity index (χ2n) is 6.10. The minimum Gasteiger partial charge on any atom is -0.496 e. The van der Waals surface area contributed by atoms with Crippen LogP contribution in [0.1, 0.15) is 37.0 Å². The Bertz CT molecular complexity index is 724. The van der Waals surface area contributed by atoms with E-state index in [2.05, 4.69) is 15.3 Å². The molecule has 6 heteroatoms. The van der Waals surface area contributed by atoms with Crippen molar-refractivity contribution in [2.45, 2.75) is 32.7 Å². The Morgan fingerprint density at radius 3 is 2.70 bits per heavy atom. The number of anilines is 1. The number of hydrogen-bond acceptors (Lipinski definition) is 5. The summed E-state index contributed by atoms with van der Waals surface area (Å²) in [5.74, 6) is 1.16. The maximum Gasteiger partial charge on any atom is 0.257 e. The number of nitrogens with zero attached hydrogens (tertiary/aromatic N) is 3. The zero-order valence-electron chi connectivity index (χ0n) is 13.8. The predicted molar refractivity (Wildman–Crippen MR) is 90.0 cm³/mol. The van der Waals surface area contributed by atoms with Crippen LogP contribution in [0.15, 0.2) is 18.3 Å². The van der Waals surface area contributed by atoms with Gasteiger partial charge in [-0.05, 0) is 32.8 Å². The van der Waals surface area contributed by atoms with Crippen LogP contribution in [0, 0.1) is 0 Å². The van der Waals surface area contributed by atoms with Gasteiger partial charge in [0.2, 0.25) is 5.95 Å². The van der Waals surface area contributed by atoms with Gasteiger partial charge in [-0.3, -0.25) is 4.79 Å². The fraction of sp³-hybridized carbons (Fsp3) is 0.471. The van der Waals surface area contributed by atoms with Crippen LogP contribution in [-0.4, -0.2) is 47.0 Å². The number of ether oxygens (including phenoxy) is 1. The van der Waals surface area contributed by atoms with E-state index in [0.717, 1.165) is 36.8 Å². The summed E-state index contributed by atoms with van der Waals surface area (Å²) in [7, 11) is 1.58. The van der Waals surface area contributed by atoms with Gasteiger partial charge in [0, 0.05) is 36.8 Å². The number of hydrogen-bond donors (Lipinski definition) is 1. The minimum atomic E-state index is 0.0191. The van der Waals surface area contributed by atoms with Gasteiger partial charge >= 0.3 is 0 Å². The summed E-state index contributed by atoms with van der Waals surface area (Å²) in [5, 5.41) is 4.01. The number of carbonyl (C=O) groups excluding carboxylic acids is 1. The van der Waals surface area contributed by atoms with E-state index in [9.17, 15) is 4.79 Å². The number of methoxy groups -OCH3 is 1. The smallest absolute Gasteiger partial charge is 0.257 e. The molecule has 1 aliphatic rings. The third kappa shape index (κ3) is 3.21. The lowest BCUT2D eigenvalue weighted by Crippen LogP contribution is -2.28. The molecule has 2 aromatic rings. The fourth-order valence-corrected chi connectivity index (χ4v) is 2.81. The molecule has 0 atom stereocenters. The number of nitrogens with one attached hydrogen (secondary N) is 1. The zero-order valence-corrected chi connectivity index (χ0v) is 13.8. The number of likely N-dealkylation sites (tertiary alicyclic amines) is 1. The number of amides is 1. The third-order valence-corrected chi connectivity index (χ3v) is 3.94. The fourth-order valence-electron chi connectivity index (χ4n) is 2.81. The van der Waals surface area contributed by atoms with Gasteiger partial charge in [0.05, 0.1) is 18.2 Å². The van der Waals surface area contributed by atoms with Gasteiger partial charge < -0.3 is 15.0 Å². The summed E-state index contributed by atoms with van der Waals surface area (Å²) in [6.07, 6.45) is 3.87. The highest BCUT2D eigenvalue weighted by Crippen LogP contribution is 2.27. The SMILES string of the molecule is COc1cc2nc(NC(C)C)ncc2cc1C(=O)N1CCCC1. The maximum absolute atomic E-state index is 12.7. The van der Waals surface area contributed by atoms with Crippen molar-refractivity contribution < 1.29 is 9.53 Å². The van der Waals surface area contributed by atoms with Crippen LogP contribution >= 0.6 is 0 Å². The molecule has 1 aromatic heterocycles. The maximum atomic E-state index is 12.7. The largest absolute Gasteiger partial charge is 0.496 e. The van der Waals surface area contributed by atoms with Crippen molar-refractivity contribution in [1.29, 1.82) is 0 Å². The molecule has 6 nitrogen and oxygen atoms in total. The lowest BCUT2D eigenvalue weighted by molar-refractivity contribution is 0.0789. The molecule has 0 saturated carbocycles. The normalized spacial score (nSPS) is 14.5. The van der Waals surface area contributed by atoms with E-state index in [1.54, 1.807) is 13.3 Å². The standard InChI is InChI=1S/C17H22N4O2/c1-11(2)19-17-18-10-12-8-13(15(23-3)9-14(12)20-17)16(22)21-6-4-5-7-21/h8-11H,4-7H2,1-3H3,(H,18,19,20). The van der Waals surface area contributed by atoms with Gasteiger partial charge in [-0.1, -0.05) is 0 Å². The van der Waals surface area contributed by atoms with Crippen LogP contribution in [0.25, 0.3) is 10.9 Å². The summed E-state index contributed by atoms with van der Waals surface area (Å²) < 4.78 is 5.43. The van der Waals surface area contributed by atoms with Crippen LogP contribution < -0.4 is 10.1 Å². The molecular weight excluding hydrogens is 292 g/mol. The van der Waals surface area contributed by atoms with Crippen LogP contribution in [0.3, 0.4) is 0 Å². The molecule has 122 valence electrons. The molecule has 1 aliphatic heterocycles. The van der Waals surface area contributed by atoms with E-state index < -0.39 is 0 Å². The Balaban J connectivity index is 2.00. The van der Waals surface area contributed by atoms with Crippen LogP contribution in [0.2, 0.25) is 0 Å². The molecule has 23 heavy (non-hydrogen) atoms. The van der Waals surface area contributed by atoms with E-state index in [1.807, 2.05) is 30.9 Å². The summed E-state index contributed by atoms with van der Waals surface area (Å²) in [6.45, 7) is 5.69. The van der Waals surface area contributed by atoms with Crippen molar-refractivity contribution in [3.8, 4) is 5.75 Å². The summed E-state index contributed by atoms with van der Waals surface area (Å²) in [6, 6.07) is 3.89. The summed E-state index contributed by atoms with van der Waals surface area (Å²) in [5.41, 5.74) is 1.34. The third-order valence-electron chi connectivity index (χ3n) is 3.94. The number of benzene rings is 1. The molecule has 1 N–H and O–H groups in total. The quantitative estimate of drug-likeness (QED) is 0.940. The second-order valence-corrected chi connectivity index (χ2v) is 6.10. The average Bonchev–Trinajstić information content (AvgIpc) is 3.06. The first-order valence-electron chi connectivity index (χ1n) is 7.99. The first-order valence-corrected chi connectivity index (χ1v) is 7.99. The summed E-state index contributed by atoms with van der Waals surface area (Å²) >= 11 is 0. The monoisotopic (exact) mass is 314 g/mol. The predicted octanol–water partition coefficient (Wildman–Crippen LogP) is 2.69. The molecule has 0 unspecified atom stereocenters. The van der Waals surface area contributed by atoms with Crippen LogP contribution in [0.4, 0.5) is 5.95 Å². The molecule has 3 rings (SSSR count). The first kappa shape index (κ1) is 15.5. The Morgan fingerprint density at radius 1 is 1.30 bits per heavy atom. The van der Waals surface area contributed by atoms with Gasteiger partial charge in [-0.2, -0.15) is 0 Å². The number of rotatable bonds is 4. The van der Waals surface area contributed by atoms with Crippen molar-refractivity contribution in [3.05, 3.63) is 23.9 Å². The van der Waals surface area contributed by atoms with E-state index in [4.69, 9.17) is 4.74 Å². The van der Waals surface area contributed by atoms with Crippen molar-refractivity contribution in [3.63, 3.8) is 0 Å². The molecule has 1 aromatic carbocycles. The second kappa shape index (κ2) is 6.40. The summed E-state index contributed by atoms with van der Waals surface area (Å²) in [4.78, 5) is 23.4. The van der Waals surface area contributed by atoms with E-state index in [1.165, 1.54) is 0 Å². The Labute approximate surface area is 135 Å². The van der Waals surface area contributed by atoms with Crippen molar-refractivity contribution in [2.75, 3.05) is 25.5 Å². The van der Waals surface area contributed by atoms with Crippen molar-refractivity contribution in [1.82, 2.24) is 14.9 Å². The van der Waals surface area contributed by atoms with E-state index in [0.29, 0.717) is 17.3 Å². The van der Waals surface area contributed by atoms with Crippen LogP contribution in [-0.2, 0) is 0 Å². The van der Waals surface area contributed by atoms with Crippen molar-refractivity contribution >= 4 is 22.8 Å². The minimum absolute atomic E-state index is 0.0191. The molecule has 1 amide bonds. The van der Waals surface area contributed by atoms with Gasteiger partial charge in [0.1, 0.15) is 5.75 Å². The Kier molecular flexibility index (Phi) is 4.32. The topological polar surface area (TPSA) is 67.3 Å². The van der Waals surface area contributed by atoms with E-state index in [-0.39, 0.29) is 11.9 Å². The van der Waals surface area contributed by atoms with Gasteiger partial charge in [-0.15, -0.1) is 0 Å². The lowest BCUT2D eigenvalue weighted by atomic mass is 10.1. The number of carbonyl (C=O) groups is 1. The molecule has 0 spiro atoms.